The Labute approximate surface area is 172 Å². The van der Waals surface area contributed by atoms with Gasteiger partial charge in [0.15, 0.2) is 6.10 Å². The second-order valence-electron chi connectivity index (χ2n) is 6.66. The Morgan fingerprint density at radius 1 is 1.31 bits per heavy atom. The average Bonchev–Trinajstić information content (AvgIpc) is 3.13. The molecule has 148 valence electrons. The molecule has 0 fully saturated rings. The molecule has 2 amide bonds. The number of benzene rings is 2. The molecule has 3 aromatic rings. The first-order valence-corrected chi connectivity index (χ1v) is 9.60. The summed E-state index contributed by atoms with van der Waals surface area (Å²) in [4.78, 5) is 24.7. The molecule has 0 saturated heterocycles. The van der Waals surface area contributed by atoms with Gasteiger partial charge in [-0.3, -0.25) is 9.59 Å². The molecule has 0 aliphatic carbocycles. The Kier molecular flexibility index (Phi) is 4.98. The van der Waals surface area contributed by atoms with Gasteiger partial charge in [0.25, 0.3) is 11.8 Å². The van der Waals surface area contributed by atoms with Crippen LogP contribution in [0.5, 0.6) is 5.75 Å². The minimum Gasteiger partial charge on any atom is -0.479 e. The molecule has 0 spiro atoms. The highest BCUT2D eigenvalue weighted by Gasteiger charge is 2.24. The van der Waals surface area contributed by atoms with Crippen molar-refractivity contribution >= 4 is 34.8 Å². The summed E-state index contributed by atoms with van der Waals surface area (Å²) in [5.41, 5.74) is 3.10. The summed E-state index contributed by atoms with van der Waals surface area (Å²) in [7, 11) is 0. The van der Waals surface area contributed by atoms with Crippen LogP contribution in [0, 0.1) is 0 Å². The van der Waals surface area contributed by atoms with Crippen LogP contribution in [0.4, 0.5) is 11.4 Å². The second kappa shape index (κ2) is 7.60. The van der Waals surface area contributed by atoms with Crippen molar-refractivity contribution in [3.05, 3.63) is 64.9 Å². The molecule has 4 rings (SSSR count). The number of amides is 2. The molecule has 0 saturated carbocycles. The summed E-state index contributed by atoms with van der Waals surface area (Å²) in [5, 5.41) is 10.6. The van der Waals surface area contributed by atoms with E-state index >= 15 is 0 Å². The molecular formula is C21H19ClN4O3. The number of carbonyl (C=O) groups excluding carboxylic acids is 2. The van der Waals surface area contributed by atoms with Crippen LogP contribution in [0.15, 0.2) is 48.7 Å². The summed E-state index contributed by atoms with van der Waals surface area (Å²) in [6.07, 6.45) is 1.61. The number of fused-ring (bicyclic) bond motifs is 1. The molecule has 1 aliphatic heterocycles. The number of nitrogens with one attached hydrogen (secondary N) is 2. The lowest BCUT2D eigenvalue weighted by molar-refractivity contribution is -0.122. The molecule has 2 aromatic carbocycles. The van der Waals surface area contributed by atoms with Crippen LogP contribution in [0.1, 0.15) is 29.9 Å². The fourth-order valence-electron chi connectivity index (χ4n) is 3.22. The number of anilines is 2. The van der Waals surface area contributed by atoms with E-state index in [1.807, 2.05) is 19.1 Å². The van der Waals surface area contributed by atoms with Gasteiger partial charge in [0.2, 0.25) is 0 Å². The molecule has 0 bridgehead atoms. The van der Waals surface area contributed by atoms with E-state index in [2.05, 4.69) is 15.7 Å². The van der Waals surface area contributed by atoms with Gasteiger partial charge in [-0.25, -0.2) is 4.68 Å². The predicted octanol–water partition coefficient (Wildman–Crippen LogP) is 4.06. The van der Waals surface area contributed by atoms with Crippen LogP contribution in [0.3, 0.4) is 0 Å². The smallest absolute Gasteiger partial charge is 0.265 e. The predicted molar refractivity (Wildman–Crippen MR) is 111 cm³/mol. The van der Waals surface area contributed by atoms with E-state index in [0.29, 0.717) is 34.1 Å². The maximum atomic E-state index is 12.9. The van der Waals surface area contributed by atoms with Crippen LogP contribution >= 0.6 is 11.6 Å². The summed E-state index contributed by atoms with van der Waals surface area (Å²) >= 11 is 6.08. The molecular weight excluding hydrogens is 392 g/mol. The van der Waals surface area contributed by atoms with Crippen LogP contribution in [-0.2, 0) is 11.2 Å². The quantitative estimate of drug-likeness (QED) is 0.679. The second-order valence-corrected chi connectivity index (χ2v) is 7.10. The van der Waals surface area contributed by atoms with Gasteiger partial charge < -0.3 is 15.4 Å². The molecule has 7 nitrogen and oxygen atoms in total. The fraction of sp³-hybridized carbons (Fsp3) is 0.190. The highest BCUT2D eigenvalue weighted by Crippen LogP contribution is 2.32. The van der Waals surface area contributed by atoms with E-state index < -0.39 is 6.10 Å². The highest BCUT2D eigenvalue weighted by molar-refractivity contribution is 6.30. The number of hydrogen-bond donors (Lipinski definition) is 2. The van der Waals surface area contributed by atoms with E-state index in [1.54, 1.807) is 48.1 Å². The number of aromatic nitrogens is 2. The normalized spacial score (nSPS) is 15.3. The molecule has 29 heavy (non-hydrogen) atoms. The Morgan fingerprint density at radius 2 is 2.14 bits per heavy atom. The van der Waals surface area contributed by atoms with Gasteiger partial charge in [0, 0.05) is 10.7 Å². The zero-order chi connectivity index (χ0) is 20.5. The van der Waals surface area contributed by atoms with Crippen LogP contribution in [0.25, 0.3) is 5.69 Å². The van der Waals surface area contributed by atoms with Gasteiger partial charge >= 0.3 is 0 Å². The molecule has 1 unspecified atom stereocenters. The molecule has 8 heteroatoms. The number of nitrogens with zero attached hydrogens (tertiary/aromatic N) is 2. The lowest BCUT2D eigenvalue weighted by Gasteiger charge is -2.23. The number of halogens is 1. The fourth-order valence-corrected chi connectivity index (χ4v) is 3.40. The SMILES string of the molecule is CCc1c(C(=O)Nc2ccc3c(c2)NC(=O)C(C)O3)cnn1-c1cccc(Cl)c1. The van der Waals surface area contributed by atoms with Crippen molar-refractivity contribution in [2.75, 3.05) is 10.6 Å². The van der Waals surface area contributed by atoms with E-state index in [9.17, 15) is 9.59 Å². The topological polar surface area (TPSA) is 85.2 Å². The van der Waals surface area contributed by atoms with Gasteiger partial charge in [0.05, 0.1) is 28.8 Å². The molecule has 2 N–H and O–H groups in total. The average molecular weight is 411 g/mol. The number of rotatable bonds is 4. The first-order valence-electron chi connectivity index (χ1n) is 9.22. The molecule has 1 atom stereocenters. The van der Waals surface area contributed by atoms with Crippen molar-refractivity contribution in [3.8, 4) is 11.4 Å². The maximum absolute atomic E-state index is 12.9. The van der Waals surface area contributed by atoms with Gasteiger partial charge in [-0.1, -0.05) is 24.6 Å². The molecule has 1 aromatic heterocycles. The minimum atomic E-state index is -0.549. The van der Waals surface area contributed by atoms with E-state index in [1.165, 1.54) is 0 Å². The molecule has 0 radical (unpaired) electrons. The molecule has 2 heterocycles. The van der Waals surface area contributed by atoms with E-state index in [4.69, 9.17) is 16.3 Å². The summed E-state index contributed by atoms with van der Waals surface area (Å²) in [6.45, 7) is 3.64. The zero-order valence-corrected chi connectivity index (χ0v) is 16.7. The third kappa shape index (κ3) is 3.69. The van der Waals surface area contributed by atoms with Crippen molar-refractivity contribution in [3.63, 3.8) is 0 Å². The van der Waals surface area contributed by atoms with Gasteiger partial charge in [-0.2, -0.15) is 5.10 Å². The van der Waals surface area contributed by atoms with Gasteiger partial charge in [-0.15, -0.1) is 0 Å². The van der Waals surface area contributed by atoms with Crippen LogP contribution in [0.2, 0.25) is 5.02 Å². The summed E-state index contributed by atoms with van der Waals surface area (Å²) in [5.74, 6) is 0.0571. The number of ether oxygens (including phenoxy) is 1. The largest absolute Gasteiger partial charge is 0.479 e. The van der Waals surface area contributed by atoms with Crippen molar-refractivity contribution in [1.82, 2.24) is 9.78 Å². The Hall–Kier alpha value is -3.32. The molecule has 1 aliphatic rings. The number of carbonyl (C=O) groups is 2. The van der Waals surface area contributed by atoms with Crippen LogP contribution in [-0.4, -0.2) is 27.7 Å². The summed E-state index contributed by atoms with van der Waals surface area (Å²) in [6, 6.07) is 12.4. The Bertz CT molecular complexity index is 1110. The third-order valence-electron chi connectivity index (χ3n) is 4.67. The summed E-state index contributed by atoms with van der Waals surface area (Å²) < 4.78 is 7.25. The zero-order valence-electron chi connectivity index (χ0n) is 15.9. The standard InChI is InChI=1S/C21H19ClN4O3/c1-3-18-16(11-23-26(18)15-6-4-5-13(22)9-15)21(28)24-14-7-8-19-17(10-14)25-20(27)12(2)29-19/h4-12H,3H2,1-2H3,(H,24,28)(H,25,27). The maximum Gasteiger partial charge on any atom is 0.265 e. The minimum absolute atomic E-state index is 0.225. The van der Waals surface area contributed by atoms with E-state index in [-0.39, 0.29) is 11.8 Å². The Morgan fingerprint density at radius 3 is 2.90 bits per heavy atom. The van der Waals surface area contributed by atoms with E-state index in [0.717, 1.165) is 11.4 Å². The monoisotopic (exact) mass is 410 g/mol. The van der Waals surface area contributed by atoms with Crippen molar-refractivity contribution in [2.45, 2.75) is 26.4 Å². The first-order chi connectivity index (χ1) is 14.0. The van der Waals surface area contributed by atoms with Crippen molar-refractivity contribution in [2.24, 2.45) is 0 Å². The highest BCUT2D eigenvalue weighted by atomic mass is 35.5. The Balaban J connectivity index is 1.60. The first kappa shape index (κ1) is 19.0. The lowest BCUT2D eigenvalue weighted by atomic mass is 10.1. The lowest BCUT2D eigenvalue weighted by Crippen LogP contribution is -2.34. The third-order valence-corrected chi connectivity index (χ3v) is 4.90. The van der Waals surface area contributed by atoms with Crippen LogP contribution < -0.4 is 15.4 Å². The van der Waals surface area contributed by atoms with Crippen molar-refractivity contribution in [1.29, 1.82) is 0 Å². The van der Waals surface area contributed by atoms with Crippen molar-refractivity contribution < 1.29 is 14.3 Å². The van der Waals surface area contributed by atoms with Gasteiger partial charge in [-0.05, 0) is 49.7 Å². The number of hydrogen-bond acceptors (Lipinski definition) is 4. The van der Waals surface area contributed by atoms with Gasteiger partial charge in [0.1, 0.15) is 5.75 Å².